The molecule has 1 unspecified atom stereocenters. The SMILES string of the molecule is S=C(OC1CNCCO1)c1ccccc1.c1cscn1. The maximum atomic E-state index is 5.52. The van der Waals surface area contributed by atoms with Gasteiger partial charge in [0, 0.05) is 23.7 Å². The van der Waals surface area contributed by atoms with E-state index < -0.39 is 0 Å². The summed E-state index contributed by atoms with van der Waals surface area (Å²) in [5, 5.41) is 5.60. The minimum absolute atomic E-state index is 0.258. The molecule has 1 atom stereocenters. The average molecular weight is 308 g/mol. The van der Waals surface area contributed by atoms with Crippen LogP contribution in [-0.2, 0) is 9.47 Å². The highest BCUT2D eigenvalue weighted by Crippen LogP contribution is 2.07. The summed E-state index contributed by atoms with van der Waals surface area (Å²) >= 11 is 6.77. The van der Waals surface area contributed by atoms with E-state index in [4.69, 9.17) is 21.7 Å². The number of nitrogens with zero attached hydrogens (tertiary/aromatic N) is 1. The van der Waals surface area contributed by atoms with E-state index in [0.29, 0.717) is 18.2 Å². The van der Waals surface area contributed by atoms with E-state index in [-0.39, 0.29) is 6.29 Å². The summed E-state index contributed by atoms with van der Waals surface area (Å²) in [6.45, 7) is 2.23. The standard InChI is InChI=1S/C11H13NO2S.C3H3NS/c15-11(9-4-2-1-3-5-9)14-10-8-12-6-7-13-10;1-2-5-3-4-1/h1-5,10,12H,6-8H2;1-3H. The molecule has 2 heterocycles. The largest absolute Gasteiger partial charge is 0.453 e. The third-order valence-electron chi connectivity index (χ3n) is 2.49. The molecule has 1 saturated heterocycles. The van der Waals surface area contributed by atoms with Crippen molar-refractivity contribution in [2.24, 2.45) is 0 Å². The lowest BCUT2D eigenvalue weighted by Gasteiger charge is -2.24. The molecule has 1 aromatic heterocycles. The van der Waals surface area contributed by atoms with Crippen LogP contribution in [0.25, 0.3) is 0 Å². The first-order chi connectivity index (χ1) is 9.86. The van der Waals surface area contributed by atoms with E-state index in [0.717, 1.165) is 12.1 Å². The Kier molecular flexibility index (Phi) is 6.59. The van der Waals surface area contributed by atoms with E-state index in [1.165, 1.54) is 0 Å². The van der Waals surface area contributed by atoms with Gasteiger partial charge in [0.1, 0.15) is 0 Å². The minimum atomic E-state index is -0.258. The van der Waals surface area contributed by atoms with Gasteiger partial charge >= 0.3 is 0 Å². The quantitative estimate of drug-likeness (QED) is 0.863. The molecular weight excluding hydrogens is 292 g/mol. The topological polar surface area (TPSA) is 43.4 Å². The van der Waals surface area contributed by atoms with Crippen LogP contribution in [0.15, 0.2) is 47.4 Å². The molecular formula is C14H16N2O2S2. The maximum absolute atomic E-state index is 5.52. The number of aromatic nitrogens is 1. The summed E-state index contributed by atoms with van der Waals surface area (Å²) < 4.78 is 10.9. The number of thiazole rings is 1. The molecule has 1 aliphatic rings. The van der Waals surface area contributed by atoms with Crippen LogP contribution >= 0.6 is 23.6 Å². The fourth-order valence-electron chi connectivity index (χ4n) is 1.55. The predicted molar refractivity (Wildman–Crippen MR) is 84.0 cm³/mol. The first-order valence-electron chi connectivity index (χ1n) is 6.27. The van der Waals surface area contributed by atoms with E-state index >= 15 is 0 Å². The van der Waals surface area contributed by atoms with Gasteiger partial charge in [0.2, 0.25) is 6.29 Å². The lowest BCUT2D eigenvalue weighted by Crippen LogP contribution is -2.40. The third-order valence-corrected chi connectivity index (χ3v) is 3.34. The van der Waals surface area contributed by atoms with Crippen molar-refractivity contribution in [3.05, 3.63) is 53.0 Å². The second-order valence-corrected chi connectivity index (χ2v) is 5.08. The van der Waals surface area contributed by atoms with Crippen LogP contribution in [0.1, 0.15) is 5.56 Å². The van der Waals surface area contributed by atoms with Crippen molar-refractivity contribution in [2.75, 3.05) is 19.7 Å². The Morgan fingerprint density at radius 3 is 2.80 bits per heavy atom. The van der Waals surface area contributed by atoms with Gasteiger partial charge in [-0.25, -0.2) is 0 Å². The molecule has 1 N–H and O–H groups in total. The van der Waals surface area contributed by atoms with Crippen LogP contribution in [0.5, 0.6) is 0 Å². The molecule has 1 aromatic carbocycles. The van der Waals surface area contributed by atoms with E-state index in [9.17, 15) is 0 Å². The number of ether oxygens (including phenoxy) is 2. The van der Waals surface area contributed by atoms with Gasteiger partial charge in [0.25, 0.3) is 0 Å². The molecule has 0 amide bonds. The summed E-state index contributed by atoms with van der Waals surface area (Å²) in [6.07, 6.45) is 1.51. The van der Waals surface area contributed by atoms with Gasteiger partial charge < -0.3 is 14.8 Å². The van der Waals surface area contributed by atoms with E-state index in [1.807, 2.05) is 35.7 Å². The van der Waals surface area contributed by atoms with Gasteiger partial charge in [-0.1, -0.05) is 30.3 Å². The van der Waals surface area contributed by atoms with Gasteiger partial charge in [-0.3, -0.25) is 4.98 Å². The molecule has 0 radical (unpaired) electrons. The van der Waals surface area contributed by atoms with Crippen molar-refractivity contribution < 1.29 is 9.47 Å². The Labute approximate surface area is 127 Å². The Balaban J connectivity index is 0.000000247. The number of thiocarbonyl (C=S) groups is 1. The van der Waals surface area contributed by atoms with Gasteiger partial charge in [0.15, 0.2) is 5.05 Å². The Hall–Kier alpha value is -1.34. The summed E-state index contributed by atoms with van der Waals surface area (Å²) in [7, 11) is 0. The third kappa shape index (κ3) is 5.34. The van der Waals surface area contributed by atoms with Gasteiger partial charge in [0.05, 0.1) is 18.7 Å². The summed E-state index contributed by atoms with van der Waals surface area (Å²) in [6, 6.07) is 9.68. The molecule has 6 heteroatoms. The number of rotatable bonds is 2. The Morgan fingerprint density at radius 1 is 1.40 bits per heavy atom. The fraction of sp³-hybridized carbons (Fsp3) is 0.286. The Bertz CT molecular complexity index is 468. The van der Waals surface area contributed by atoms with Crippen molar-refractivity contribution >= 4 is 28.6 Å². The molecule has 0 spiro atoms. The fourth-order valence-corrected chi connectivity index (χ4v) is 2.15. The van der Waals surface area contributed by atoms with Crippen molar-refractivity contribution in [1.29, 1.82) is 0 Å². The summed E-state index contributed by atoms with van der Waals surface area (Å²) in [5.41, 5.74) is 2.71. The zero-order valence-corrected chi connectivity index (χ0v) is 12.5. The van der Waals surface area contributed by atoms with Crippen LogP contribution < -0.4 is 5.32 Å². The second-order valence-electron chi connectivity index (χ2n) is 3.95. The van der Waals surface area contributed by atoms with Crippen molar-refractivity contribution in [3.8, 4) is 0 Å². The monoisotopic (exact) mass is 308 g/mol. The maximum Gasteiger partial charge on any atom is 0.213 e. The number of benzene rings is 1. The number of nitrogens with one attached hydrogen (secondary N) is 1. The molecule has 0 saturated carbocycles. The molecule has 0 aliphatic carbocycles. The second kappa shape index (κ2) is 8.76. The smallest absolute Gasteiger partial charge is 0.213 e. The zero-order chi connectivity index (χ0) is 14.0. The van der Waals surface area contributed by atoms with Crippen LogP contribution in [0.2, 0.25) is 0 Å². The first-order valence-corrected chi connectivity index (χ1v) is 7.62. The van der Waals surface area contributed by atoms with E-state index in [2.05, 4.69) is 10.3 Å². The zero-order valence-electron chi connectivity index (χ0n) is 10.9. The highest BCUT2D eigenvalue weighted by atomic mass is 32.1. The summed E-state index contributed by atoms with van der Waals surface area (Å²) in [5.74, 6) is 0. The molecule has 3 rings (SSSR count). The van der Waals surface area contributed by atoms with Crippen LogP contribution in [0.3, 0.4) is 0 Å². The lowest BCUT2D eigenvalue weighted by atomic mass is 10.2. The van der Waals surface area contributed by atoms with Gasteiger partial charge in [-0.05, 0) is 12.2 Å². The van der Waals surface area contributed by atoms with Crippen molar-refractivity contribution in [1.82, 2.24) is 10.3 Å². The molecule has 1 fully saturated rings. The average Bonchev–Trinajstić information content (AvgIpc) is 3.09. The number of morpholine rings is 1. The number of hydrogen-bond acceptors (Lipinski definition) is 6. The molecule has 2 aromatic rings. The van der Waals surface area contributed by atoms with Crippen LogP contribution in [-0.4, -0.2) is 36.0 Å². The molecule has 4 nitrogen and oxygen atoms in total. The minimum Gasteiger partial charge on any atom is -0.453 e. The first kappa shape index (κ1) is 15.1. The van der Waals surface area contributed by atoms with Gasteiger partial charge in [-0.2, -0.15) is 0 Å². The number of hydrogen-bond donors (Lipinski definition) is 1. The predicted octanol–water partition coefficient (Wildman–Crippen LogP) is 2.47. The molecule has 1 aliphatic heterocycles. The van der Waals surface area contributed by atoms with E-state index in [1.54, 1.807) is 23.0 Å². The highest BCUT2D eigenvalue weighted by Gasteiger charge is 2.16. The lowest BCUT2D eigenvalue weighted by molar-refractivity contribution is -0.100. The van der Waals surface area contributed by atoms with Crippen LogP contribution in [0.4, 0.5) is 0 Å². The molecule has 0 bridgehead atoms. The highest BCUT2D eigenvalue weighted by molar-refractivity contribution is 7.80. The van der Waals surface area contributed by atoms with Crippen LogP contribution in [0, 0.1) is 0 Å². The van der Waals surface area contributed by atoms with Crippen molar-refractivity contribution in [3.63, 3.8) is 0 Å². The summed E-state index contributed by atoms with van der Waals surface area (Å²) in [4.78, 5) is 3.74. The Morgan fingerprint density at radius 2 is 2.25 bits per heavy atom. The van der Waals surface area contributed by atoms with Crippen molar-refractivity contribution in [2.45, 2.75) is 6.29 Å². The molecule has 20 heavy (non-hydrogen) atoms. The normalized spacial score (nSPS) is 17.7. The molecule has 106 valence electrons. The van der Waals surface area contributed by atoms with Gasteiger partial charge in [-0.15, -0.1) is 11.3 Å².